The van der Waals surface area contributed by atoms with Crippen molar-refractivity contribution in [2.45, 2.75) is 62.2 Å². The Kier molecular flexibility index (Phi) is 4.82. The number of aryl methyl sites for hydroxylation is 2. The number of carbonyl (C=O) groups excluding carboxylic acids is 1. The molecule has 144 valence electrons. The van der Waals surface area contributed by atoms with Gasteiger partial charge < -0.3 is 10.4 Å². The monoisotopic (exact) mass is 405 g/mol. The molecule has 0 spiro atoms. The summed E-state index contributed by atoms with van der Waals surface area (Å²) in [6.07, 6.45) is 7.74. The van der Waals surface area contributed by atoms with Gasteiger partial charge in [0.25, 0.3) is 0 Å². The zero-order valence-corrected chi connectivity index (χ0v) is 17.1. The van der Waals surface area contributed by atoms with E-state index in [0.29, 0.717) is 9.22 Å². The smallest absolute Gasteiger partial charge is 0.331 e. The second kappa shape index (κ2) is 7.00. The van der Waals surface area contributed by atoms with E-state index < -0.39 is 22.6 Å². The molecule has 1 atom stereocenters. The van der Waals surface area contributed by atoms with Crippen LogP contribution in [0.4, 0.5) is 10.5 Å². The van der Waals surface area contributed by atoms with Crippen molar-refractivity contribution in [1.29, 1.82) is 0 Å². The second-order valence-electron chi connectivity index (χ2n) is 7.60. The lowest BCUT2D eigenvalue weighted by Crippen LogP contribution is -2.31. The Morgan fingerprint density at radius 1 is 1.19 bits per heavy atom. The molecule has 4 rings (SSSR count). The highest BCUT2D eigenvalue weighted by Crippen LogP contribution is 2.38. The van der Waals surface area contributed by atoms with Crippen LogP contribution in [0.3, 0.4) is 0 Å². The third-order valence-corrected chi connectivity index (χ3v) is 7.74. The van der Waals surface area contributed by atoms with Crippen molar-refractivity contribution in [3.05, 3.63) is 39.5 Å². The standard InChI is InChI=1S/C19H23N3O3S2/c1-19(2,24)17-20-10-15(26-17)27(25)22-18(23)21-16-13-7-3-5-11(13)9-12-6-4-8-14(12)16/h9-10,24H,3-8H2,1-2H3,(H2,21,22,23)/t27-/m1/s1. The zero-order chi connectivity index (χ0) is 19.2. The summed E-state index contributed by atoms with van der Waals surface area (Å²) in [5, 5.41) is 13.4. The molecule has 1 aromatic carbocycles. The molecule has 2 aliphatic rings. The van der Waals surface area contributed by atoms with Crippen LogP contribution in [0.1, 0.15) is 54.0 Å². The minimum Gasteiger partial charge on any atom is -0.383 e. The van der Waals surface area contributed by atoms with Gasteiger partial charge in [0.2, 0.25) is 0 Å². The maximum Gasteiger partial charge on any atom is 0.331 e. The molecule has 1 heterocycles. The quantitative estimate of drug-likeness (QED) is 0.728. The molecule has 0 saturated carbocycles. The van der Waals surface area contributed by atoms with Crippen LogP contribution < -0.4 is 10.0 Å². The normalized spacial score (nSPS) is 16.7. The topological polar surface area (TPSA) is 91.3 Å². The average Bonchev–Trinajstić information content (AvgIpc) is 3.33. The van der Waals surface area contributed by atoms with E-state index in [2.05, 4.69) is 21.1 Å². The van der Waals surface area contributed by atoms with Gasteiger partial charge in [0.05, 0.1) is 6.20 Å². The van der Waals surface area contributed by atoms with Crippen molar-refractivity contribution in [2.24, 2.45) is 0 Å². The summed E-state index contributed by atoms with van der Waals surface area (Å²) in [7, 11) is -1.71. The van der Waals surface area contributed by atoms with Gasteiger partial charge >= 0.3 is 6.03 Å². The van der Waals surface area contributed by atoms with Gasteiger partial charge in [-0.05, 0) is 74.6 Å². The van der Waals surface area contributed by atoms with Crippen molar-refractivity contribution in [1.82, 2.24) is 9.71 Å². The predicted octanol–water partition coefficient (Wildman–Crippen LogP) is 3.19. The fourth-order valence-electron chi connectivity index (χ4n) is 3.87. The molecule has 0 saturated heterocycles. The lowest BCUT2D eigenvalue weighted by molar-refractivity contribution is 0.0783. The number of nitrogens with one attached hydrogen (secondary N) is 2. The summed E-state index contributed by atoms with van der Waals surface area (Å²) in [5.41, 5.74) is 4.97. The average molecular weight is 406 g/mol. The second-order valence-corrected chi connectivity index (χ2v) is 10.1. The number of benzene rings is 1. The van der Waals surface area contributed by atoms with Crippen molar-refractivity contribution in [2.75, 3.05) is 5.32 Å². The number of anilines is 1. The van der Waals surface area contributed by atoms with Crippen molar-refractivity contribution in [3.63, 3.8) is 0 Å². The number of urea groups is 1. The highest BCUT2D eigenvalue weighted by molar-refractivity contribution is 7.86. The third-order valence-electron chi connectivity index (χ3n) is 5.09. The van der Waals surface area contributed by atoms with E-state index in [1.807, 2.05) is 0 Å². The highest BCUT2D eigenvalue weighted by atomic mass is 32.2. The molecule has 0 fully saturated rings. The van der Waals surface area contributed by atoms with Crippen LogP contribution >= 0.6 is 11.3 Å². The third kappa shape index (κ3) is 3.66. The number of aromatic nitrogens is 1. The fourth-order valence-corrected chi connectivity index (χ4v) is 5.65. The number of fused-ring (bicyclic) bond motifs is 2. The number of aliphatic hydroxyl groups is 1. The van der Waals surface area contributed by atoms with Gasteiger partial charge in [0.15, 0.2) is 11.0 Å². The number of amides is 2. The van der Waals surface area contributed by atoms with Crippen LogP contribution in [0.2, 0.25) is 0 Å². The van der Waals surface area contributed by atoms with E-state index in [0.717, 1.165) is 55.5 Å². The van der Waals surface area contributed by atoms with E-state index in [1.165, 1.54) is 28.5 Å². The Bertz CT molecular complexity index is 899. The molecule has 0 radical (unpaired) electrons. The van der Waals surface area contributed by atoms with Crippen molar-refractivity contribution in [3.8, 4) is 0 Å². The number of hydrogen-bond acceptors (Lipinski definition) is 5. The SMILES string of the molecule is CC(C)(O)c1ncc([S@@](=O)NC(=O)Nc2c3c(cc4c2CCC4)CCC3)s1. The van der Waals surface area contributed by atoms with Crippen LogP contribution in [0, 0.1) is 0 Å². The summed E-state index contributed by atoms with van der Waals surface area (Å²) in [6.45, 7) is 3.24. The first-order chi connectivity index (χ1) is 12.8. The van der Waals surface area contributed by atoms with E-state index >= 15 is 0 Å². The molecule has 2 amide bonds. The Morgan fingerprint density at radius 3 is 2.37 bits per heavy atom. The van der Waals surface area contributed by atoms with Gasteiger partial charge in [-0.1, -0.05) is 6.07 Å². The maximum atomic E-state index is 12.5. The van der Waals surface area contributed by atoms with Crippen LogP contribution in [-0.2, 0) is 42.3 Å². The molecule has 2 aromatic rings. The van der Waals surface area contributed by atoms with E-state index in [9.17, 15) is 14.1 Å². The number of carbonyl (C=O) groups is 1. The number of rotatable bonds is 4. The lowest BCUT2D eigenvalue weighted by atomic mass is 9.99. The number of nitrogens with zero attached hydrogens (tertiary/aromatic N) is 1. The van der Waals surface area contributed by atoms with Gasteiger partial charge in [-0.15, -0.1) is 11.3 Å². The van der Waals surface area contributed by atoms with Crippen LogP contribution in [0.5, 0.6) is 0 Å². The number of thiazole rings is 1. The van der Waals surface area contributed by atoms with Crippen LogP contribution in [-0.4, -0.2) is 20.3 Å². The Morgan fingerprint density at radius 2 is 1.81 bits per heavy atom. The predicted molar refractivity (Wildman–Crippen MR) is 106 cm³/mol. The van der Waals surface area contributed by atoms with Gasteiger partial charge in [-0.25, -0.2) is 14.0 Å². The van der Waals surface area contributed by atoms with E-state index in [-0.39, 0.29) is 0 Å². The summed E-state index contributed by atoms with van der Waals surface area (Å²) in [4.78, 5) is 16.6. The van der Waals surface area contributed by atoms with Gasteiger partial charge in [0.1, 0.15) is 14.8 Å². The molecule has 0 aliphatic heterocycles. The molecular formula is C19H23N3O3S2. The van der Waals surface area contributed by atoms with Gasteiger partial charge in [-0.2, -0.15) is 0 Å². The Hall–Kier alpha value is -1.77. The van der Waals surface area contributed by atoms with E-state index in [1.54, 1.807) is 13.8 Å². The van der Waals surface area contributed by atoms with Gasteiger partial charge in [-0.3, -0.25) is 4.72 Å². The molecule has 8 heteroatoms. The van der Waals surface area contributed by atoms with E-state index in [4.69, 9.17) is 0 Å². The first-order valence-corrected chi connectivity index (χ1v) is 11.1. The molecule has 3 N–H and O–H groups in total. The summed E-state index contributed by atoms with van der Waals surface area (Å²) in [5.74, 6) is 0. The molecule has 2 aliphatic carbocycles. The minimum absolute atomic E-state index is 0.408. The number of hydrogen-bond donors (Lipinski definition) is 3. The van der Waals surface area contributed by atoms with Crippen molar-refractivity contribution >= 4 is 34.0 Å². The molecule has 6 nitrogen and oxygen atoms in total. The molecule has 0 unspecified atom stereocenters. The summed E-state index contributed by atoms with van der Waals surface area (Å²) in [6, 6.07) is 1.84. The van der Waals surface area contributed by atoms with Crippen molar-refractivity contribution < 1.29 is 14.1 Å². The largest absolute Gasteiger partial charge is 0.383 e. The van der Waals surface area contributed by atoms with Crippen LogP contribution in [0.25, 0.3) is 0 Å². The zero-order valence-electron chi connectivity index (χ0n) is 15.4. The molecule has 1 aromatic heterocycles. The maximum absolute atomic E-state index is 12.5. The fraction of sp³-hybridized carbons (Fsp3) is 0.474. The minimum atomic E-state index is -1.71. The molecule has 0 bridgehead atoms. The highest BCUT2D eigenvalue weighted by Gasteiger charge is 2.26. The Labute approximate surface area is 165 Å². The van der Waals surface area contributed by atoms with Crippen LogP contribution in [0.15, 0.2) is 16.5 Å². The summed E-state index contributed by atoms with van der Waals surface area (Å²) >= 11 is 1.13. The molecular weight excluding hydrogens is 382 g/mol. The lowest BCUT2D eigenvalue weighted by Gasteiger charge is -2.16. The van der Waals surface area contributed by atoms with Gasteiger partial charge in [0, 0.05) is 5.69 Å². The molecule has 27 heavy (non-hydrogen) atoms. The first kappa shape index (κ1) is 18.6. The first-order valence-electron chi connectivity index (χ1n) is 9.17. The summed E-state index contributed by atoms with van der Waals surface area (Å²) < 4.78 is 15.4. The Balaban J connectivity index is 1.51.